The Kier molecular flexibility index (Phi) is 5.63. The first-order chi connectivity index (χ1) is 9.20. The predicted octanol–water partition coefficient (Wildman–Crippen LogP) is 2.35. The molecule has 2 N–H and O–H groups in total. The summed E-state index contributed by atoms with van der Waals surface area (Å²) in [5.41, 5.74) is 1.04. The van der Waals surface area contributed by atoms with Crippen LogP contribution in [0, 0.1) is 5.82 Å². The molecule has 2 unspecified atom stereocenters. The maximum atomic E-state index is 13.3. The standard InChI is InChI=1S/C14H20FNO2S/c1-18-9-11(17)4-6-16-13-5-7-19-14-3-2-10(15)8-12(13)14/h2-3,8,11,13,16-17H,4-7,9H2,1H3. The molecule has 0 saturated heterocycles. The van der Waals surface area contributed by atoms with Crippen molar-refractivity contribution in [3.8, 4) is 0 Å². The molecule has 1 heterocycles. The first-order valence-corrected chi connectivity index (χ1v) is 7.52. The molecule has 0 amide bonds. The van der Waals surface area contributed by atoms with Crippen LogP contribution in [-0.2, 0) is 4.74 Å². The maximum Gasteiger partial charge on any atom is 0.123 e. The van der Waals surface area contributed by atoms with Crippen LogP contribution in [0.15, 0.2) is 23.1 Å². The second kappa shape index (κ2) is 7.24. The van der Waals surface area contributed by atoms with Crippen LogP contribution >= 0.6 is 11.8 Å². The first kappa shape index (κ1) is 14.8. The van der Waals surface area contributed by atoms with Gasteiger partial charge in [-0.2, -0.15) is 0 Å². The molecule has 106 valence electrons. The average Bonchev–Trinajstić information content (AvgIpc) is 2.39. The summed E-state index contributed by atoms with van der Waals surface area (Å²) in [7, 11) is 1.58. The SMILES string of the molecule is COCC(O)CCNC1CCSc2ccc(F)cc21. The van der Waals surface area contributed by atoms with E-state index in [1.54, 1.807) is 24.9 Å². The molecule has 1 aliphatic heterocycles. The molecule has 0 fully saturated rings. The van der Waals surface area contributed by atoms with Gasteiger partial charge in [-0.1, -0.05) is 0 Å². The van der Waals surface area contributed by atoms with E-state index in [1.807, 2.05) is 6.07 Å². The van der Waals surface area contributed by atoms with Gasteiger partial charge in [0.2, 0.25) is 0 Å². The Balaban J connectivity index is 1.90. The minimum Gasteiger partial charge on any atom is -0.391 e. The molecule has 1 aliphatic rings. The Morgan fingerprint density at radius 3 is 3.21 bits per heavy atom. The van der Waals surface area contributed by atoms with E-state index < -0.39 is 6.10 Å². The first-order valence-electron chi connectivity index (χ1n) is 6.53. The van der Waals surface area contributed by atoms with Crippen molar-refractivity contribution in [3.05, 3.63) is 29.6 Å². The molecular formula is C14H20FNO2S. The van der Waals surface area contributed by atoms with Gasteiger partial charge >= 0.3 is 0 Å². The number of aliphatic hydroxyl groups excluding tert-OH is 1. The van der Waals surface area contributed by atoms with Crippen molar-refractivity contribution in [2.45, 2.75) is 29.9 Å². The highest BCUT2D eigenvalue weighted by molar-refractivity contribution is 7.99. The Morgan fingerprint density at radius 1 is 1.58 bits per heavy atom. The Labute approximate surface area is 117 Å². The summed E-state index contributed by atoms with van der Waals surface area (Å²) in [6.07, 6.45) is 1.19. The van der Waals surface area contributed by atoms with E-state index >= 15 is 0 Å². The van der Waals surface area contributed by atoms with E-state index in [9.17, 15) is 9.50 Å². The third kappa shape index (κ3) is 4.18. The molecule has 0 aromatic heterocycles. The van der Waals surface area contributed by atoms with Crippen molar-refractivity contribution < 1.29 is 14.2 Å². The summed E-state index contributed by atoms with van der Waals surface area (Å²) in [5, 5.41) is 13.0. The van der Waals surface area contributed by atoms with Crippen LogP contribution < -0.4 is 5.32 Å². The molecule has 19 heavy (non-hydrogen) atoms. The number of halogens is 1. The maximum absolute atomic E-state index is 13.3. The van der Waals surface area contributed by atoms with Crippen LogP contribution in [-0.4, -0.2) is 37.2 Å². The highest BCUT2D eigenvalue weighted by Crippen LogP contribution is 2.36. The quantitative estimate of drug-likeness (QED) is 0.842. The van der Waals surface area contributed by atoms with Crippen molar-refractivity contribution in [1.29, 1.82) is 0 Å². The zero-order valence-corrected chi connectivity index (χ0v) is 11.9. The zero-order valence-electron chi connectivity index (χ0n) is 11.1. The van der Waals surface area contributed by atoms with E-state index in [0.717, 1.165) is 22.6 Å². The molecule has 2 atom stereocenters. The molecule has 1 aromatic carbocycles. The normalized spacial score (nSPS) is 20.1. The van der Waals surface area contributed by atoms with Gasteiger partial charge in [0.15, 0.2) is 0 Å². The van der Waals surface area contributed by atoms with Crippen molar-refractivity contribution in [1.82, 2.24) is 5.32 Å². The molecule has 0 saturated carbocycles. The highest BCUT2D eigenvalue weighted by Gasteiger charge is 2.20. The molecule has 0 bridgehead atoms. The van der Waals surface area contributed by atoms with Crippen LogP contribution in [0.3, 0.4) is 0 Å². The number of nitrogens with one attached hydrogen (secondary N) is 1. The van der Waals surface area contributed by atoms with Gasteiger partial charge < -0.3 is 15.2 Å². The van der Waals surface area contributed by atoms with Gasteiger partial charge in [0.1, 0.15) is 5.82 Å². The van der Waals surface area contributed by atoms with Crippen LogP contribution in [0.5, 0.6) is 0 Å². The Hall–Kier alpha value is -0.620. The third-order valence-corrected chi connectivity index (χ3v) is 4.36. The lowest BCUT2D eigenvalue weighted by Crippen LogP contribution is -2.29. The van der Waals surface area contributed by atoms with Crippen LogP contribution in [0.2, 0.25) is 0 Å². The third-order valence-electron chi connectivity index (χ3n) is 3.24. The van der Waals surface area contributed by atoms with Gasteiger partial charge in [-0.25, -0.2) is 4.39 Å². The molecule has 0 spiro atoms. The van der Waals surface area contributed by atoms with E-state index in [4.69, 9.17) is 4.74 Å². The van der Waals surface area contributed by atoms with Crippen molar-refractivity contribution in [2.24, 2.45) is 0 Å². The summed E-state index contributed by atoms with van der Waals surface area (Å²) in [4.78, 5) is 1.16. The number of hydrogen-bond donors (Lipinski definition) is 2. The number of aliphatic hydroxyl groups is 1. The Morgan fingerprint density at radius 2 is 2.42 bits per heavy atom. The van der Waals surface area contributed by atoms with Gasteiger partial charge in [-0.05, 0) is 48.9 Å². The topological polar surface area (TPSA) is 41.5 Å². The molecule has 3 nitrogen and oxygen atoms in total. The monoisotopic (exact) mass is 285 g/mol. The summed E-state index contributed by atoms with van der Waals surface area (Å²) in [5.74, 6) is 0.851. The Bertz CT molecular complexity index is 416. The molecule has 2 rings (SSSR count). The number of methoxy groups -OCH3 is 1. The van der Waals surface area contributed by atoms with Crippen molar-refractivity contribution >= 4 is 11.8 Å². The second-order valence-electron chi connectivity index (χ2n) is 4.72. The average molecular weight is 285 g/mol. The zero-order chi connectivity index (χ0) is 13.7. The largest absolute Gasteiger partial charge is 0.391 e. The minimum atomic E-state index is -0.442. The molecule has 0 radical (unpaired) electrons. The van der Waals surface area contributed by atoms with Crippen LogP contribution in [0.4, 0.5) is 4.39 Å². The van der Waals surface area contributed by atoms with Crippen LogP contribution in [0.25, 0.3) is 0 Å². The van der Waals surface area contributed by atoms with Gasteiger partial charge in [0.05, 0.1) is 12.7 Å². The van der Waals surface area contributed by atoms with Crippen LogP contribution in [0.1, 0.15) is 24.4 Å². The molecule has 5 heteroatoms. The fraction of sp³-hybridized carbons (Fsp3) is 0.571. The van der Waals surface area contributed by atoms with Crippen molar-refractivity contribution in [3.63, 3.8) is 0 Å². The highest BCUT2D eigenvalue weighted by atomic mass is 32.2. The summed E-state index contributed by atoms with van der Waals surface area (Å²) in [6, 6.07) is 5.16. The van der Waals surface area contributed by atoms with E-state index in [1.165, 1.54) is 6.07 Å². The predicted molar refractivity (Wildman–Crippen MR) is 75.0 cm³/mol. The van der Waals surface area contributed by atoms with E-state index in [0.29, 0.717) is 19.6 Å². The van der Waals surface area contributed by atoms with Gasteiger partial charge in [0, 0.05) is 18.0 Å². The fourth-order valence-corrected chi connectivity index (χ4v) is 3.38. The summed E-state index contributed by atoms with van der Waals surface area (Å²) in [6.45, 7) is 1.06. The smallest absolute Gasteiger partial charge is 0.123 e. The van der Waals surface area contributed by atoms with E-state index in [2.05, 4.69) is 5.32 Å². The number of rotatable bonds is 6. The second-order valence-corrected chi connectivity index (χ2v) is 5.86. The fourth-order valence-electron chi connectivity index (χ4n) is 2.28. The lowest BCUT2D eigenvalue weighted by atomic mass is 10.0. The van der Waals surface area contributed by atoms with Gasteiger partial charge in [-0.3, -0.25) is 0 Å². The summed E-state index contributed by atoms with van der Waals surface area (Å²) < 4.78 is 18.2. The number of hydrogen-bond acceptors (Lipinski definition) is 4. The minimum absolute atomic E-state index is 0.182. The lowest BCUT2D eigenvalue weighted by molar-refractivity contribution is 0.0589. The van der Waals surface area contributed by atoms with Gasteiger partial charge in [-0.15, -0.1) is 11.8 Å². The summed E-state index contributed by atoms with van der Waals surface area (Å²) >= 11 is 1.77. The number of fused-ring (bicyclic) bond motifs is 1. The molecular weight excluding hydrogens is 265 g/mol. The van der Waals surface area contributed by atoms with E-state index in [-0.39, 0.29) is 11.9 Å². The van der Waals surface area contributed by atoms with Crippen molar-refractivity contribution in [2.75, 3.05) is 26.0 Å². The number of thioether (sulfide) groups is 1. The number of ether oxygens (including phenoxy) is 1. The molecule has 1 aromatic rings. The number of benzene rings is 1. The molecule has 0 aliphatic carbocycles. The van der Waals surface area contributed by atoms with Gasteiger partial charge in [0.25, 0.3) is 0 Å². The lowest BCUT2D eigenvalue weighted by Gasteiger charge is -2.26.